The average molecular weight is 398 g/mol. The molecule has 3 aromatic carbocycles. The highest BCUT2D eigenvalue weighted by Crippen LogP contribution is 2.21. The van der Waals surface area contributed by atoms with E-state index in [2.05, 4.69) is 27.2 Å². The first-order valence-corrected chi connectivity index (χ1v) is 9.31. The number of carbonyl (C=O) groups excluding carboxylic acids is 1. The van der Waals surface area contributed by atoms with Crippen LogP contribution in [0, 0.1) is 10.1 Å². The van der Waals surface area contributed by atoms with Gasteiger partial charge in [0.05, 0.1) is 11.1 Å². The molecule has 1 N–H and O–H groups in total. The van der Waals surface area contributed by atoms with Crippen molar-refractivity contribution in [3.05, 3.63) is 112 Å². The first-order chi connectivity index (χ1) is 14.6. The summed E-state index contributed by atoms with van der Waals surface area (Å²) in [5.41, 5.74) is 5.84. The number of aromatic nitrogens is 1. The van der Waals surface area contributed by atoms with Gasteiger partial charge in [-0.3, -0.25) is 14.9 Å². The monoisotopic (exact) mass is 398 g/mol. The van der Waals surface area contributed by atoms with E-state index in [0.717, 1.165) is 23.0 Å². The number of benzene rings is 3. The molecule has 4 aromatic rings. The molecule has 0 bridgehead atoms. The smallest absolute Gasteiger partial charge is 0.271 e. The lowest BCUT2D eigenvalue weighted by Crippen LogP contribution is -2.17. The van der Waals surface area contributed by atoms with Crippen molar-refractivity contribution >= 4 is 28.7 Å². The minimum Gasteiger partial charge on any atom is -0.342 e. The number of amides is 1. The number of nitrogens with one attached hydrogen (secondary N) is 1. The molecule has 0 fully saturated rings. The van der Waals surface area contributed by atoms with Crippen molar-refractivity contribution in [3.8, 4) is 0 Å². The zero-order valence-corrected chi connectivity index (χ0v) is 15.9. The highest BCUT2D eigenvalue weighted by atomic mass is 16.6. The molecule has 1 amide bonds. The molecule has 0 saturated carbocycles. The zero-order valence-electron chi connectivity index (χ0n) is 15.9. The van der Waals surface area contributed by atoms with Gasteiger partial charge >= 0.3 is 0 Å². The molecule has 0 aliphatic carbocycles. The Morgan fingerprint density at radius 2 is 1.70 bits per heavy atom. The van der Waals surface area contributed by atoms with E-state index >= 15 is 0 Å². The van der Waals surface area contributed by atoms with Gasteiger partial charge in [0, 0.05) is 46.9 Å². The van der Waals surface area contributed by atoms with Crippen molar-refractivity contribution in [2.75, 3.05) is 0 Å². The largest absolute Gasteiger partial charge is 0.342 e. The number of hydrogen-bond donors (Lipinski definition) is 1. The van der Waals surface area contributed by atoms with Gasteiger partial charge in [-0.2, -0.15) is 5.10 Å². The predicted molar refractivity (Wildman–Crippen MR) is 116 cm³/mol. The Hall–Kier alpha value is -4.26. The maximum absolute atomic E-state index is 12.2. The van der Waals surface area contributed by atoms with Crippen LogP contribution in [0.2, 0.25) is 0 Å². The van der Waals surface area contributed by atoms with E-state index in [1.54, 1.807) is 6.21 Å². The number of hydrazone groups is 1. The summed E-state index contributed by atoms with van der Waals surface area (Å²) in [5, 5.41) is 15.8. The van der Waals surface area contributed by atoms with Gasteiger partial charge in [0.1, 0.15) is 0 Å². The maximum Gasteiger partial charge on any atom is 0.271 e. The number of rotatable bonds is 6. The van der Waals surface area contributed by atoms with Crippen LogP contribution >= 0.6 is 0 Å². The number of hydrogen-bond acceptors (Lipinski definition) is 4. The summed E-state index contributed by atoms with van der Waals surface area (Å²) in [6.45, 7) is 0.727. The second-order valence-electron chi connectivity index (χ2n) is 6.72. The molecule has 1 aromatic heterocycles. The molecule has 148 valence electrons. The first-order valence-electron chi connectivity index (χ1n) is 9.31. The molecule has 0 radical (unpaired) electrons. The Balaban J connectivity index is 1.52. The molecule has 0 aliphatic heterocycles. The summed E-state index contributed by atoms with van der Waals surface area (Å²) in [5.74, 6) is -0.436. The standard InChI is InChI=1S/C23H18N4O3/c28-23(18-10-12-20(13-11-18)27(29)30)25-24-14-19-16-26(15-17-6-2-1-3-7-17)22-9-5-4-8-21(19)22/h1-14,16H,15H2,(H,25,28)/b24-14+. The SMILES string of the molecule is O=C(N/N=C/c1cn(Cc2ccccc2)c2ccccc12)c1ccc([N+](=O)[O-])cc1. The molecule has 0 saturated heterocycles. The second kappa shape index (κ2) is 8.40. The Bertz CT molecular complexity index is 1230. The van der Waals surface area contributed by atoms with E-state index in [-0.39, 0.29) is 5.69 Å². The van der Waals surface area contributed by atoms with Gasteiger partial charge in [0.25, 0.3) is 11.6 Å². The van der Waals surface area contributed by atoms with E-state index in [1.807, 2.05) is 48.7 Å². The van der Waals surface area contributed by atoms with Gasteiger partial charge in [-0.25, -0.2) is 5.43 Å². The number of fused-ring (bicyclic) bond motifs is 1. The molecular formula is C23H18N4O3. The molecule has 0 unspecified atom stereocenters. The lowest BCUT2D eigenvalue weighted by Gasteiger charge is -2.05. The Labute approximate surface area is 172 Å². The Kier molecular flexibility index (Phi) is 5.34. The fourth-order valence-electron chi connectivity index (χ4n) is 3.25. The van der Waals surface area contributed by atoms with Crippen LogP contribution in [0.3, 0.4) is 0 Å². The minimum absolute atomic E-state index is 0.0683. The topological polar surface area (TPSA) is 89.5 Å². The quantitative estimate of drug-likeness (QED) is 0.297. The van der Waals surface area contributed by atoms with Gasteiger partial charge in [0.2, 0.25) is 0 Å². The Morgan fingerprint density at radius 3 is 2.43 bits per heavy atom. The highest BCUT2D eigenvalue weighted by molar-refractivity contribution is 6.00. The zero-order chi connectivity index (χ0) is 20.9. The van der Waals surface area contributed by atoms with Crippen LogP contribution in [0.15, 0.2) is 90.2 Å². The van der Waals surface area contributed by atoms with Crippen LogP contribution in [0.5, 0.6) is 0 Å². The molecule has 4 rings (SSSR count). The molecule has 0 aliphatic rings. The molecule has 0 spiro atoms. The number of non-ortho nitro benzene ring substituents is 1. The van der Waals surface area contributed by atoms with Crippen LogP contribution < -0.4 is 5.43 Å². The number of nitrogens with zero attached hydrogens (tertiary/aromatic N) is 3. The summed E-state index contributed by atoms with van der Waals surface area (Å²) in [4.78, 5) is 22.4. The van der Waals surface area contributed by atoms with Crippen LogP contribution in [-0.2, 0) is 6.54 Å². The minimum atomic E-state index is -0.509. The van der Waals surface area contributed by atoms with E-state index in [9.17, 15) is 14.9 Å². The molecule has 0 atom stereocenters. The van der Waals surface area contributed by atoms with Crippen molar-refractivity contribution in [1.82, 2.24) is 9.99 Å². The van der Waals surface area contributed by atoms with Crippen LogP contribution in [0.1, 0.15) is 21.5 Å². The van der Waals surface area contributed by atoms with E-state index < -0.39 is 10.8 Å². The van der Waals surface area contributed by atoms with Gasteiger partial charge in [-0.15, -0.1) is 0 Å². The van der Waals surface area contributed by atoms with E-state index in [1.165, 1.54) is 29.8 Å². The third kappa shape index (κ3) is 4.10. The van der Waals surface area contributed by atoms with Gasteiger partial charge < -0.3 is 4.57 Å². The molecule has 7 heteroatoms. The third-order valence-corrected chi connectivity index (χ3v) is 4.73. The number of nitro groups is 1. The average Bonchev–Trinajstić information content (AvgIpc) is 3.12. The van der Waals surface area contributed by atoms with Crippen LogP contribution in [0.25, 0.3) is 10.9 Å². The summed E-state index contributed by atoms with van der Waals surface area (Å²) in [6, 6.07) is 23.5. The maximum atomic E-state index is 12.2. The summed E-state index contributed by atoms with van der Waals surface area (Å²) in [6.07, 6.45) is 3.60. The normalized spacial score (nSPS) is 11.1. The summed E-state index contributed by atoms with van der Waals surface area (Å²) >= 11 is 0. The number of nitro benzene ring substituents is 1. The molecule has 30 heavy (non-hydrogen) atoms. The van der Waals surface area contributed by atoms with Crippen molar-refractivity contribution in [3.63, 3.8) is 0 Å². The fourth-order valence-corrected chi connectivity index (χ4v) is 3.25. The van der Waals surface area contributed by atoms with E-state index in [4.69, 9.17) is 0 Å². The number of para-hydroxylation sites is 1. The molecule has 1 heterocycles. The van der Waals surface area contributed by atoms with Crippen molar-refractivity contribution < 1.29 is 9.72 Å². The Morgan fingerprint density at radius 1 is 1.00 bits per heavy atom. The summed E-state index contributed by atoms with van der Waals surface area (Å²) in [7, 11) is 0. The number of carbonyl (C=O) groups is 1. The lowest BCUT2D eigenvalue weighted by molar-refractivity contribution is -0.384. The second-order valence-corrected chi connectivity index (χ2v) is 6.72. The summed E-state index contributed by atoms with van der Waals surface area (Å²) < 4.78 is 2.14. The first kappa shape index (κ1) is 19.1. The molecule has 7 nitrogen and oxygen atoms in total. The van der Waals surface area contributed by atoms with E-state index in [0.29, 0.717) is 5.56 Å². The van der Waals surface area contributed by atoms with Gasteiger partial charge in [-0.1, -0.05) is 48.5 Å². The lowest BCUT2D eigenvalue weighted by atomic mass is 10.2. The van der Waals surface area contributed by atoms with Crippen molar-refractivity contribution in [1.29, 1.82) is 0 Å². The molecular weight excluding hydrogens is 380 g/mol. The van der Waals surface area contributed by atoms with Crippen LogP contribution in [0.4, 0.5) is 5.69 Å². The third-order valence-electron chi connectivity index (χ3n) is 4.73. The van der Waals surface area contributed by atoms with Crippen molar-refractivity contribution in [2.24, 2.45) is 5.10 Å². The van der Waals surface area contributed by atoms with Crippen LogP contribution in [-0.4, -0.2) is 21.6 Å². The predicted octanol–water partition coefficient (Wildman–Crippen LogP) is 4.36. The van der Waals surface area contributed by atoms with Crippen molar-refractivity contribution in [2.45, 2.75) is 6.54 Å². The van der Waals surface area contributed by atoms with Gasteiger partial charge in [-0.05, 0) is 23.8 Å². The fraction of sp³-hybridized carbons (Fsp3) is 0.0435. The highest BCUT2D eigenvalue weighted by Gasteiger charge is 2.10. The van der Waals surface area contributed by atoms with Gasteiger partial charge in [0.15, 0.2) is 0 Å².